The summed E-state index contributed by atoms with van der Waals surface area (Å²) in [5.74, 6) is -0.176. The van der Waals surface area contributed by atoms with Gasteiger partial charge < -0.3 is 14.2 Å². The van der Waals surface area contributed by atoms with E-state index in [2.05, 4.69) is 6.07 Å². The van der Waals surface area contributed by atoms with Gasteiger partial charge in [0.15, 0.2) is 0 Å². The molecule has 5 heteroatoms. The van der Waals surface area contributed by atoms with Crippen molar-refractivity contribution in [3.8, 4) is 0 Å². The molecule has 2 atom stereocenters. The lowest BCUT2D eigenvalue weighted by Crippen LogP contribution is -2.39. The molecule has 2 unspecified atom stereocenters. The maximum absolute atomic E-state index is 12.8. The van der Waals surface area contributed by atoms with Gasteiger partial charge in [-0.25, -0.2) is 0 Å². The van der Waals surface area contributed by atoms with E-state index in [1.165, 1.54) is 0 Å². The smallest absolute Gasteiger partial charge is 0.239 e. The molecule has 2 heterocycles. The maximum Gasteiger partial charge on any atom is 0.239 e. The van der Waals surface area contributed by atoms with Gasteiger partial charge in [-0.3, -0.25) is 9.59 Å². The van der Waals surface area contributed by atoms with Gasteiger partial charge in [0, 0.05) is 19.3 Å². The average molecular weight is 340 g/mol. The highest BCUT2D eigenvalue weighted by atomic mass is 16.3. The molecular weight excluding hydrogens is 316 g/mol. The van der Waals surface area contributed by atoms with Crippen molar-refractivity contribution in [2.45, 2.75) is 33.2 Å². The normalized spacial score (nSPS) is 18.5. The monoisotopic (exact) mass is 340 g/mol. The Bertz CT molecular complexity index is 762. The van der Waals surface area contributed by atoms with Crippen molar-refractivity contribution < 1.29 is 14.0 Å². The third-order valence-corrected chi connectivity index (χ3v) is 4.91. The number of rotatable bonds is 4. The Kier molecular flexibility index (Phi) is 4.66. The van der Waals surface area contributed by atoms with E-state index in [0.717, 1.165) is 16.8 Å². The number of amides is 2. The highest BCUT2D eigenvalue weighted by Crippen LogP contribution is 2.30. The molecule has 0 spiro atoms. The largest absolute Gasteiger partial charge is 0.467 e. The Balaban J connectivity index is 1.76. The van der Waals surface area contributed by atoms with Crippen LogP contribution in [0.5, 0.6) is 0 Å². The molecule has 132 valence electrons. The summed E-state index contributed by atoms with van der Waals surface area (Å²) in [5.41, 5.74) is 3.10. The van der Waals surface area contributed by atoms with E-state index in [1.54, 1.807) is 29.2 Å². The van der Waals surface area contributed by atoms with Crippen molar-refractivity contribution in [1.82, 2.24) is 4.90 Å². The van der Waals surface area contributed by atoms with E-state index in [9.17, 15) is 9.59 Å². The minimum absolute atomic E-state index is 0.117. The van der Waals surface area contributed by atoms with Crippen LogP contribution in [0.4, 0.5) is 5.69 Å². The highest BCUT2D eigenvalue weighted by Gasteiger charge is 2.40. The number of hydrogen-bond donors (Lipinski definition) is 0. The Morgan fingerprint density at radius 1 is 1.28 bits per heavy atom. The van der Waals surface area contributed by atoms with E-state index in [0.29, 0.717) is 18.7 Å². The molecule has 0 bridgehead atoms. The Labute approximate surface area is 148 Å². The number of benzene rings is 1. The lowest BCUT2D eigenvalue weighted by molar-refractivity contribution is -0.140. The maximum atomic E-state index is 12.8. The molecule has 2 amide bonds. The van der Waals surface area contributed by atoms with Crippen LogP contribution < -0.4 is 4.90 Å². The summed E-state index contributed by atoms with van der Waals surface area (Å²) < 4.78 is 5.38. The van der Waals surface area contributed by atoms with Crippen LogP contribution in [0.1, 0.15) is 36.3 Å². The predicted molar refractivity (Wildman–Crippen MR) is 96.3 cm³/mol. The first kappa shape index (κ1) is 17.3. The average Bonchev–Trinajstić information content (AvgIpc) is 3.21. The summed E-state index contributed by atoms with van der Waals surface area (Å²) in [5, 5.41) is 0. The van der Waals surface area contributed by atoms with Gasteiger partial charge >= 0.3 is 0 Å². The highest BCUT2D eigenvalue weighted by molar-refractivity contribution is 6.09. The van der Waals surface area contributed by atoms with Crippen molar-refractivity contribution in [2.75, 3.05) is 18.5 Å². The summed E-state index contributed by atoms with van der Waals surface area (Å²) in [6.07, 6.45) is 2.13. The fourth-order valence-corrected chi connectivity index (χ4v) is 3.43. The molecule has 5 nitrogen and oxygen atoms in total. The fraction of sp³-hybridized carbons (Fsp3) is 0.400. The number of carbonyl (C=O) groups is 2. The molecule has 1 saturated heterocycles. The zero-order valence-electron chi connectivity index (χ0n) is 15.2. The lowest BCUT2D eigenvalue weighted by atomic mass is 10.1. The van der Waals surface area contributed by atoms with Crippen LogP contribution in [0.3, 0.4) is 0 Å². The SMILES string of the molecule is Cc1cc(C)cc(N2CCC(C(=O)N(C)C(C)c3ccco3)C2=O)c1. The molecule has 1 aliphatic heterocycles. The van der Waals surface area contributed by atoms with Gasteiger partial charge in [-0.05, 0) is 62.6 Å². The number of aryl methyl sites for hydroxylation is 2. The van der Waals surface area contributed by atoms with Crippen LogP contribution in [-0.2, 0) is 9.59 Å². The van der Waals surface area contributed by atoms with Crippen molar-refractivity contribution in [1.29, 1.82) is 0 Å². The first-order chi connectivity index (χ1) is 11.9. The van der Waals surface area contributed by atoms with Crippen molar-refractivity contribution in [3.63, 3.8) is 0 Å². The standard InChI is InChI=1S/C20H24N2O3/c1-13-10-14(2)12-16(11-13)22-8-7-17(20(22)24)19(23)21(4)15(3)18-6-5-9-25-18/h5-6,9-12,15,17H,7-8H2,1-4H3. The Morgan fingerprint density at radius 3 is 2.56 bits per heavy atom. The fourth-order valence-electron chi connectivity index (χ4n) is 3.43. The van der Waals surface area contributed by atoms with Crippen molar-refractivity contribution >= 4 is 17.5 Å². The van der Waals surface area contributed by atoms with E-state index in [1.807, 2.05) is 39.0 Å². The van der Waals surface area contributed by atoms with Crippen LogP contribution >= 0.6 is 0 Å². The molecule has 25 heavy (non-hydrogen) atoms. The molecule has 1 aromatic heterocycles. The Morgan fingerprint density at radius 2 is 1.96 bits per heavy atom. The first-order valence-electron chi connectivity index (χ1n) is 8.58. The quantitative estimate of drug-likeness (QED) is 0.801. The topological polar surface area (TPSA) is 53.8 Å². The number of hydrogen-bond acceptors (Lipinski definition) is 3. The molecule has 0 saturated carbocycles. The molecule has 0 aliphatic carbocycles. The lowest BCUT2D eigenvalue weighted by Gasteiger charge is -2.26. The van der Waals surface area contributed by atoms with Gasteiger partial charge in [0.05, 0.1) is 12.3 Å². The van der Waals surface area contributed by atoms with Crippen LogP contribution in [0.25, 0.3) is 0 Å². The molecule has 2 aromatic rings. The van der Waals surface area contributed by atoms with Gasteiger partial charge in [-0.2, -0.15) is 0 Å². The van der Waals surface area contributed by atoms with Crippen LogP contribution in [-0.4, -0.2) is 30.3 Å². The second-order valence-electron chi connectivity index (χ2n) is 6.82. The third-order valence-electron chi connectivity index (χ3n) is 4.91. The molecule has 1 fully saturated rings. The molecular formula is C20H24N2O3. The number of anilines is 1. The summed E-state index contributed by atoms with van der Waals surface area (Å²) in [6.45, 7) is 6.50. The van der Waals surface area contributed by atoms with E-state index in [4.69, 9.17) is 4.42 Å². The first-order valence-corrected chi connectivity index (χ1v) is 8.58. The summed E-state index contributed by atoms with van der Waals surface area (Å²) in [4.78, 5) is 29.0. The molecule has 1 aliphatic rings. The minimum Gasteiger partial charge on any atom is -0.467 e. The summed E-state index contributed by atoms with van der Waals surface area (Å²) in [7, 11) is 1.72. The van der Waals surface area contributed by atoms with Gasteiger partial charge in [-0.15, -0.1) is 0 Å². The molecule has 1 aromatic carbocycles. The zero-order valence-corrected chi connectivity index (χ0v) is 15.2. The second-order valence-corrected chi connectivity index (χ2v) is 6.82. The van der Waals surface area contributed by atoms with Crippen LogP contribution in [0.2, 0.25) is 0 Å². The molecule has 3 rings (SSSR count). The number of furan rings is 1. The van der Waals surface area contributed by atoms with Crippen molar-refractivity contribution in [3.05, 3.63) is 53.5 Å². The van der Waals surface area contributed by atoms with Gasteiger partial charge in [0.2, 0.25) is 11.8 Å². The van der Waals surface area contributed by atoms with Gasteiger partial charge in [-0.1, -0.05) is 6.07 Å². The van der Waals surface area contributed by atoms with Gasteiger partial charge in [0.25, 0.3) is 0 Å². The number of carbonyl (C=O) groups excluding carboxylic acids is 2. The van der Waals surface area contributed by atoms with E-state index in [-0.39, 0.29) is 17.9 Å². The predicted octanol–water partition coefficient (Wildman–Crippen LogP) is 3.47. The van der Waals surface area contributed by atoms with Crippen LogP contribution in [0.15, 0.2) is 41.0 Å². The zero-order chi connectivity index (χ0) is 18.1. The third kappa shape index (κ3) is 3.31. The molecule has 0 radical (unpaired) electrons. The summed E-state index contributed by atoms with van der Waals surface area (Å²) in [6, 6.07) is 9.50. The second kappa shape index (κ2) is 6.75. The van der Waals surface area contributed by atoms with E-state index >= 15 is 0 Å². The Hall–Kier alpha value is -2.56. The summed E-state index contributed by atoms with van der Waals surface area (Å²) >= 11 is 0. The number of nitrogens with zero attached hydrogens (tertiary/aromatic N) is 2. The van der Waals surface area contributed by atoms with Crippen molar-refractivity contribution in [2.24, 2.45) is 5.92 Å². The van der Waals surface area contributed by atoms with Gasteiger partial charge in [0.1, 0.15) is 11.7 Å². The minimum atomic E-state index is -0.622. The van der Waals surface area contributed by atoms with E-state index < -0.39 is 5.92 Å². The molecule has 0 N–H and O–H groups in total. The van der Waals surface area contributed by atoms with Crippen LogP contribution in [0, 0.1) is 19.8 Å².